The summed E-state index contributed by atoms with van der Waals surface area (Å²) in [5.74, 6) is 0.0742. The van der Waals surface area contributed by atoms with Crippen molar-refractivity contribution >= 4 is 34.1 Å². The molecule has 152 valence electrons. The number of rotatable bonds is 3. The molecule has 0 atom stereocenters. The van der Waals surface area contributed by atoms with Gasteiger partial charge in [0.2, 0.25) is 0 Å². The van der Waals surface area contributed by atoms with Gasteiger partial charge in [0.05, 0.1) is 16.1 Å². The van der Waals surface area contributed by atoms with Gasteiger partial charge >= 0.3 is 11.9 Å². The summed E-state index contributed by atoms with van der Waals surface area (Å²) < 4.78 is 40.9. The van der Waals surface area contributed by atoms with Gasteiger partial charge in [-0.05, 0) is 43.3 Å². The predicted octanol–water partition coefficient (Wildman–Crippen LogP) is 4.90. The van der Waals surface area contributed by atoms with Gasteiger partial charge in [0.1, 0.15) is 11.5 Å². The number of pyridine rings is 2. The summed E-state index contributed by atoms with van der Waals surface area (Å²) in [6, 6.07) is 11.7. The van der Waals surface area contributed by atoms with Gasteiger partial charge in [0.25, 0.3) is 0 Å². The van der Waals surface area contributed by atoms with E-state index in [4.69, 9.17) is 11.6 Å². The normalized spacial score (nSPS) is 11.6. The highest BCUT2D eigenvalue weighted by atomic mass is 35.5. The maximum atomic E-state index is 13.3. The molecule has 30 heavy (non-hydrogen) atoms. The minimum atomic E-state index is -4.69. The summed E-state index contributed by atoms with van der Waals surface area (Å²) in [6.07, 6.45) is -3.13. The zero-order valence-electron chi connectivity index (χ0n) is 15.4. The van der Waals surface area contributed by atoms with Crippen LogP contribution < -0.4 is 11.0 Å². The standard InChI is InChI=1S/C20H13ClF3N5O/c1-11-10-12(8-9-25-11)26-17-13-6-7-16(20(22,23)24)27-18(13)29(19(30)28-17)15-5-3-2-4-14(15)21/h2-10H,1H3,(H,25,26,28,30). The van der Waals surface area contributed by atoms with Crippen LogP contribution in [0.4, 0.5) is 24.7 Å². The second-order valence-electron chi connectivity index (χ2n) is 6.41. The van der Waals surface area contributed by atoms with Crippen molar-refractivity contribution in [2.75, 3.05) is 5.32 Å². The Balaban J connectivity index is 2.01. The van der Waals surface area contributed by atoms with Crippen LogP contribution in [0.5, 0.6) is 0 Å². The highest BCUT2D eigenvalue weighted by Crippen LogP contribution is 2.32. The van der Waals surface area contributed by atoms with Gasteiger partial charge in [0.15, 0.2) is 5.65 Å². The maximum Gasteiger partial charge on any atom is 0.433 e. The van der Waals surface area contributed by atoms with Crippen molar-refractivity contribution in [3.63, 3.8) is 0 Å². The lowest BCUT2D eigenvalue weighted by Crippen LogP contribution is -2.24. The van der Waals surface area contributed by atoms with Crippen molar-refractivity contribution in [1.82, 2.24) is 19.5 Å². The Bertz CT molecular complexity index is 1320. The molecule has 10 heteroatoms. The second-order valence-corrected chi connectivity index (χ2v) is 6.81. The number of anilines is 2. The van der Waals surface area contributed by atoms with Crippen molar-refractivity contribution in [3.05, 3.63) is 81.6 Å². The van der Waals surface area contributed by atoms with Crippen molar-refractivity contribution in [3.8, 4) is 5.69 Å². The van der Waals surface area contributed by atoms with Crippen molar-refractivity contribution < 1.29 is 13.2 Å². The summed E-state index contributed by atoms with van der Waals surface area (Å²) in [5.41, 5.74) is -0.703. The third-order valence-electron chi connectivity index (χ3n) is 4.28. The minimum absolute atomic E-state index is 0.0742. The first kappa shape index (κ1) is 19.8. The molecule has 0 unspecified atom stereocenters. The number of aryl methyl sites for hydroxylation is 1. The quantitative estimate of drug-likeness (QED) is 0.499. The van der Waals surface area contributed by atoms with E-state index in [1.165, 1.54) is 18.2 Å². The highest BCUT2D eigenvalue weighted by Gasteiger charge is 2.33. The zero-order chi connectivity index (χ0) is 21.5. The third kappa shape index (κ3) is 3.71. The van der Waals surface area contributed by atoms with Crippen molar-refractivity contribution in [1.29, 1.82) is 0 Å². The molecule has 0 bridgehead atoms. The Labute approximate surface area is 173 Å². The van der Waals surface area contributed by atoms with Crippen molar-refractivity contribution in [2.24, 2.45) is 0 Å². The summed E-state index contributed by atoms with van der Waals surface area (Å²) in [7, 11) is 0. The van der Waals surface area contributed by atoms with Crippen LogP contribution in [-0.4, -0.2) is 19.5 Å². The van der Waals surface area contributed by atoms with Crippen LogP contribution in [0.15, 0.2) is 59.5 Å². The molecule has 0 aliphatic heterocycles. The van der Waals surface area contributed by atoms with E-state index in [0.29, 0.717) is 11.4 Å². The Morgan fingerprint density at radius 2 is 1.83 bits per heavy atom. The number of halogens is 4. The topological polar surface area (TPSA) is 72.7 Å². The van der Waals surface area contributed by atoms with Crippen LogP contribution >= 0.6 is 11.6 Å². The van der Waals surface area contributed by atoms with E-state index < -0.39 is 17.6 Å². The van der Waals surface area contributed by atoms with E-state index in [1.54, 1.807) is 37.4 Å². The molecule has 0 radical (unpaired) electrons. The number of benzene rings is 1. The Kier molecular flexibility index (Phi) is 4.90. The van der Waals surface area contributed by atoms with E-state index in [-0.39, 0.29) is 27.6 Å². The molecule has 0 spiro atoms. The smallest absolute Gasteiger partial charge is 0.339 e. The van der Waals surface area contributed by atoms with Crippen LogP contribution in [0.25, 0.3) is 16.7 Å². The molecule has 0 aliphatic rings. The summed E-state index contributed by atoms with van der Waals surface area (Å²) in [5, 5.41) is 3.35. The van der Waals surface area contributed by atoms with Crippen LogP contribution in [0.1, 0.15) is 11.4 Å². The zero-order valence-corrected chi connectivity index (χ0v) is 16.2. The molecule has 0 amide bonds. The highest BCUT2D eigenvalue weighted by molar-refractivity contribution is 6.32. The van der Waals surface area contributed by atoms with Gasteiger partial charge < -0.3 is 5.32 Å². The lowest BCUT2D eigenvalue weighted by molar-refractivity contribution is -0.141. The largest absolute Gasteiger partial charge is 0.433 e. The number of aromatic nitrogens is 4. The molecular weight excluding hydrogens is 419 g/mol. The first-order valence-electron chi connectivity index (χ1n) is 8.69. The summed E-state index contributed by atoms with van der Waals surface area (Å²) in [6.45, 7) is 1.78. The van der Waals surface area contributed by atoms with Gasteiger partial charge in [-0.2, -0.15) is 18.2 Å². The number of para-hydroxylation sites is 1. The van der Waals surface area contributed by atoms with Crippen molar-refractivity contribution in [2.45, 2.75) is 13.1 Å². The molecule has 0 fully saturated rings. The van der Waals surface area contributed by atoms with E-state index in [0.717, 1.165) is 10.6 Å². The molecule has 4 aromatic rings. The summed E-state index contributed by atoms with van der Waals surface area (Å²) in [4.78, 5) is 24.7. The molecule has 4 rings (SSSR count). The molecule has 0 aliphatic carbocycles. The van der Waals surface area contributed by atoms with Gasteiger partial charge in [-0.25, -0.2) is 14.3 Å². The molecule has 1 aromatic carbocycles. The first-order chi connectivity index (χ1) is 14.2. The number of hydrogen-bond donors (Lipinski definition) is 1. The molecule has 3 heterocycles. The van der Waals surface area contributed by atoms with E-state index in [1.807, 2.05) is 0 Å². The second kappa shape index (κ2) is 7.42. The van der Waals surface area contributed by atoms with Gasteiger partial charge in [0, 0.05) is 17.6 Å². The fourth-order valence-electron chi connectivity index (χ4n) is 2.96. The predicted molar refractivity (Wildman–Crippen MR) is 107 cm³/mol. The molecule has 0 saturated heterocycles. The van der Waals surface area contributed by atoms with Crippen LogP contribution in [-0.2, 0) is 6.18 Å². The average molecular weight is 432 g/mol. The number of alkyl halides is 3. The number of nitrogens with one attached hydrogen (secondary N) is 1. The lowest BCUT2D eigenvalue weighted by atomic mass is 10.2. The Hall–Kier alpha value is -3.46. The summed E-state index contributed by atoms with van der Waals surface area (Å²) >= 11 is 6.19. The van der Waals surface area contributed by atoms with Gasteiger partial charge in [-0.1, -0.05) is 23.7 Å². The molecular formula is C20H13ClF3N5O. The molecule has 0 saturated carbocycles. The molecule has 3 aromatic heterocycles. The molecule has 6 nitrogen and oxygen atoms in total. The average Bonchev–Trinajstić information content (AvgIpc) is 2.68. The van der Waals surface area contributed by atoms with Crippen LogP contribution in [0, 0.1) is 6.92 Å². The Morgan fingerprint density at radius 1 is 1.07 bits per heavy atom. The fraction of sp³-hybridized carbons (Fsp3) is 0.100. The van der Waals surface area contributed by atoms with E-state index >= 15 is 0 Å². The fourth-order valence-corrected chi connectivity index (χ4v) is 3.18. The minimum Gasteiger partial charge on any atom is -0.339 e. The maximum absolute atomic E-state index is 13.3. The first-order valence-corrected chi connectivity index (χ1v) is 9.07. The van der Waals surface area contributed by atoms with Gasteiger partial charge in [-0.15, -0.1) is 0 Å². The number of hydrogen-bond acceptors (Lipinski definition) is 5. The van der Waals surface area contributed by atoms with E-state index in [2.05, 4.69) is 20.3 Å². The lowest BCUT2D eigenvalue weighted by Gasteiger charge is -2.15. The number of fused-ring (bicyclic) bond motifs is 1. The monoisotopic (exact) mass is 431 g/mol. The Morgan fingerprint density at radius 3 is 2.53 bits per heavy atom. The van der Waals surface area contributed by atoms with Crippen LogP contribution in [0.2, 0.25) is 5.02 Å². The van der Waals surface area contributed by atoms with Gasteiger partial charge in [-0.3, -0.25) is 4.98 Å². The van der Waals surface area contributed by atoms with E-state index in [9.17, 15) is 18.0 Å². The van der Waals surface area contributed by atoms with Crippen LogP contribution in [0.3, 0.4) is 0 Å². The number of nitrogens with zero attached hydrogens (tertiary/aromatic N) is 4. The SMILES string of the molecule is Cc1cc(Nc2nc(=O)n(-c3ccccc3Cl)c3nc(C(F)(F)F)ccc23)ccn1. The third-order valence-corrected chi connectivity index (χ3v) is 4.60. The molecule has 1 N–H and O–H groups in total.